The Labute approximate surface area is 224 Å². The van der Waals surface area contributed by atoms with E-state index in [4.69, 9.17) is 9.57 Å². The van der Waals surface area contributed by atoms with Crippen molar-refractivity contribution in [3.63, 3.8) is 0 Å². The van der Waals surface area contributed by atoms with Crippen LogP contribution in [0.15, 0.2) is 29.4 Å². The zero-order valence-corrected chi connectivity index (χ0v) is 23.9. The van der Waals surface area contributed by atoms with Gasteiger partial charge in [-0.05, 0) is 78.5 Å². The Bertz CT molecular complexity index is 1240. The third kappa shape index (κ3) is 8.00. The van der Waals surface area contributed by atoms with Gasteiger partial charge >= 0.3 is 6.16 Å². The van der Waals surface area contributed by atoms with Crippen LogP contribution in [-0.2, 0) is 19.4 Å². The molecular formula is C26H38FN5O5S. The Morgan fingerprint density at radius 2 is 1.89 bits per heavy atom. The largest absolute Gasteiger partial charge is 0.528 e. The molecule has 0 atom stereocenters. The van der Waals surface area contributed by atoms with Crippen LogP contribution in [-0.4, -0.2) is 67.1 Å². The van der Waals surface area contributed by atoms with Crippen LogP contribution in [0.1, 0.15) is 53.0 Å². The van der Waals surface area contributed by atoms with Gasteiger partial charge in [0.2, 0.25) is 0 Å². The van der Waals surface area contributed by atoms with Crippen LogP contribution in [0.5, 0.6) is 0 Å². The zero-order valence-electron chi connectivity index (χ0n) is 23.1. The molecule has 2 aromatic rings. The molecule has 0 unspecified atom stereocenters. The molecule has 1 saturated heterocycles. The molecule has 1 aromatic heterocycles. The third-order valence-electron chi connectivity index (χ3n) is 6.20. The van der Waals surface area contributed by atoms with Crippen molar-refractivity contribution in [2.24, 2.45) is 5.92 Å². The summed E-state index contributed by atoms with van der Waals surface area (Å²) in [6.45, 7) is 13.4. The molecular weight excluding hydrogens is 513 g/mol. The van der Waals surface area contributed by atoms with Crippen LogP contribution in [0.2, 0.25) is 0 Å². The lowest BCUT2D eigenvalue weighted by Crippen LogP contribution is -2.42. The lowest BCUT2D eigenvalue weighted by Gasteiger charge is -2.36. The Balaban J connectivity index is 1.69. The number of sulfone groups is 1. The van der Waals surface area contributed by atoms with Crippen molar-refractivity contribution in [1.29, 1.82) is 0 Å². The number of ether oxygens (including phenoxy) is 1. The molecule has 1 aliphatic heterocycles. The molecule has 0 spiro atoms. The predicted molar refractivity (Wildman–Crippen MR) is 144 cm³/mol. The first kappa shape index (κ1) is 29.6. The second kappa shape index (κ2) is 11.8. The van der Waals surface area contributed by atoms with Crippen LogP contribution in [0.4, 0.5) is 26.5 Å². The first-order valence-corrected chi connectivity index (χ1v) is 14.5. The monoisotopic (exact) mass is 551 g/mol. The van der Waals surface area contributed by atoms with Gasteiger partial charge < -0.3 is 19.8 Å². The van der Waals surface area contributed by atoms with Gasteiger partial charge in [-0.2, -0.15) is 0 Å². The van der Waals surface area contributed by atoms with Gasteiger partial charge in [0.25, 0.3) is 0 Å². The molecule has 2 heterocycles. The number of carbonyl (C=O) groups excluding carboxylic acids is 1. The van der Waals surface area contributed by atoms with Crippen LogP contribution in [0, 0.1) is 18.7 Å². The number of hydrogen-bond donors (Lipinski definition) is 1. The van der Waals surface area contributed by atoms with Gasteiger partial charge in [0.1, 0.15) is 29.4 Å². The van der Waals surface area contributed by atoms with E-state index < -0.39 is 27.4 Å². The van der Waals surface area contributed by atoms with Gasteiger partial charge in [0.05, 0.1) is 10.6 Å². The lowest BCUT2D eigenvalue weighted by molar-refractivity contribution is -0.155. The summed E-state index contributed by atoms with van der Waals surface area (Å²) < 4.78 is 43.4. The number of aromatic nitrogens is 2. The minimum Gasteiger partial charge on any atom is -0.427 e. The number of halogens is 1. The maximum absolute atomic E-state index is 14.7. The zero-order chi connectivity index (χ0) is 28.3. The van der Waals surface area contributed by atoms with E-state index in [1.54, 1.807) is 25.8 Å². The number of hydroxylamine groups is 2. The molecule has 0 bridgehead atoms. The second-order valence-corrected chi connectivity index (χ2v) is 12.9. The summed E-state index contributed by atoms with van der Waals surface area (Å²) in [6.07, 6.45) is 3.44. The molecule has 38 heavy (non-hydrogen) atoms. The number of piperidine rings is 1. The van der Waals surface area contributed by atoms with Crippen LogP contribution >= 0.6 is 0 Å². The predicted octanol–water partition coefficient (Wildman–Crippen LogP) is 4.86. The number of nitrogens with zero attached hydrogens (tertiary/aromatic N) is 4. The molecule has 3 rings (SSSR count). The van der Waals surface area contributed by atoms with Gasteiger partial charge in [0, 0.05) is 37.5 Å². The fraction of sp³-hybridized carbons (Fsp3) is 0.577. The first-order valence-electron chi connectivity index (χ1n) is 12.6. The second-order valence-electron chi connectivity index (χ2n) is 10.9. The Morgan fingerprint density at radius 1 is 1.24 bits per heavy atom. The summed E-state index contributed by atoms with van der Waals surface area (Å²) in [4.78, 5) is 28.3. The quantitative estimate of drug-likeness (QED) is 0.456. The molecule has 10 nitrogen and oxygen atoms in total. The van der Waals surface area contributed by atoms with Crippen LogP contribution < -0.4 is 10.2 Å². The van der Waals surface area contributed by atoms with Gasteiger partial charge in [-0.1, -0.05) is 0 Å². The van der Waals surface area contributed by atoms with Crippen molar-refractivity contribution in [2.75, 3.05) is 36.1 Å². The van der Waals surface area contributed by atoms with Crippen molar-refractivity contribution in [3.05, 3.63) is 35.9 Å². The smallest absolute Gasteiger partial charge is 0.427 e. The fourth-order valence-corrected chi connectivity index (χ4v) is 4.82. The SMILES string of the molecule is Cc1c(Nc2ccc(S(C)(=O)=O)cc2F)ncnc1N(CC1CCN(OC(=O)OC(C)(C)C)CC1)C(C)C. The van der Waals surface area contributed by atoms with E-state index in [2.05, 4.69) is 34.0 Å². The van der Waals surface area contributed by atoms with Crippen molar-refractivity contribution in [3.8, 4) is 0 Å². The summed E-state index contributed by atoms with van der Waals surface area (Å²) in [7, 11) is -3.52. The number of hydrogen-bond acceptors (Lipinski definition) is 10. The van der Waals surface area contributed by atoms with Crippen LogP contribution in [0.3, 0.4) is 0 Å². The molecule has 0 radical (unpaired) electrons. The molecule has 0 amide bonds. The molecule has 0 saturated carbocycles. The topological polar surface area (TPSA) is 114 Å². The third-order valence-corrected chi connectivity index (χ3v) is 7.31. The number of anilines is 3. The van der Waals surface area contributed by atoms with E-state index in [1.165, 1.54) is 18.5 Å². The Kier molecular flexibility index (Phi) is 9.19. The maximum Gasteiger partial charge on any atom is 0.528 e. The Morgan fingerprint density at radius 3 is 2.45 bits per heavy atom. The van der Waals surface area contributed by atoms with Gasteiger partial charge in [-0.15, -0.1) is 5.06 Å². The average molecular weight is 552 g/mol. The summed E-state index contributed by atoms with van der Waals surface area (Å²) in [5.41, 5.74) is 0.263. The number of nitrogens with one attached hydrogen (secondary N) is 1. The normalized spacial score (nSPS) is 15.4. The summed E-state index contributed by atoms with van der Waals surface area (Å²) >= 11 is 0. The molecule has 0 aliphatic carbocycles. The summed E-state index contributed by atoms with van der Waals surface area (Å²) in [5, 5.41) is 4.63. The van der Waals surface area contributed by atoms with Crippen molar-refractivity contribution in [2.45, 2.75) is 70.9 Å². The van der Waals surface area contributed by atoms with Gasteiger partial charge in [0.15, 0.2) is 9.84 Å². The highest BCUT2D eigenvalue weighted by atomic mass is 32.2. The van der Waals surface area contributed by atoms with E-state index in [-0.39, 0.29) is 16.6 Å². The number of benzene rings is 1. The van der Waals surface area contributed by atoms with Gasteiger partial charge in [-0.25, -0.2) is 27.6 Å². The average Bonchev–Trinajstić information content (AvgIpc) is 2.79. The minimum atomic E-state index is -3.52. The maximum atomic E-state index is 14.7. The number of carbonyl (C=O) groups is 1. The summed E-state index contributed by atoms with van der Waals surface area (Å²) in [6, 6.07) is 3.88. The molecule has 210 valence electrons. The van der Waals surface area contributed by atoms with Crippen molar-refractivity contribution < 1.29 is 27.2 Å². The molecule has 1 aromatic carbocycles. The van der Waals surface area contributed by atoms with E-state index >= 15 is 0 Å². The standard InChI is InChI=1S/C26H38FN5O5S/c1-17(2)32(15-19-10-12-31(13-11-19)37-25(33)36-26(4,5)6)24-18(3)23(28-16-29-24)30-22-9-8-20(14-21(22)27)38(7,34)35/h8-9,14,16-17,19H,10-13,15H2,1-7H3,(H,28,29,30). The minimum absolute atomic E-state index is 0.0887. The highest BCUT2D eigenvalue weighted by Crippen LogP contribution is 2.30. The van der Waals surface area contributed by atoms with E-state index in [9.17, 15) is 17.6 Å². The summed E-state index contributed by atoms with van der Waals surface area (Å²) in [5.74, 6) is 0.835. The highest BCUT2D eigenvalue weighted by molar-refractivity contribution is 7.90. The number of rotatable bonds is 8. The molecule has 1 fully saturated rings. The Hall–Kier alpha value is -2.99. The highest BCUT2D eigenvalue weighted by Gasteiger charge is 2.28. The van der Waals surface area contributed by atoms with Crippen molar-refractivity contribution >= 4 is 33.3 Å². The molecule has 1 aliphatic rings. The molecule has 12 heteroatoms. The van der Waals surface area contributed by atoms with E-state index in [0.29, 0.717) is 24.8 Å². The van der Waals surface area contributed by atoms with E-state index in [1.807, 2.05) is 6.92 Å². The van der Waals surface area contributed by atoms with Crippen molar-refractivity contribution in [1.82, 2.24) is 15.0 Å². The lowest BCUT2D eigenvalue weighted by atomic mass is 9.96. The van der Waals surface area contributed by atoms with Gasteiger partial charge in [-0.3, -0.25) is 0 Å². The van der Waals surface area contributed by atoms with Crippen LogP contribution in [0.25, 0.3) is 0 Å². The first-order chi connectivity index (χ1) is 17.6. The fourth-order valence-electron chi connectivity index (χ4n) is 4.19. The van der Waals surface area contributed by atoms with E-state index in [0.717, 1.165) is 43.1 Å². The molecule has 1 N–H and O–H groups in total.